The summed E-state index contributed by atoms with van der Waals surface area (Å²) in [6.07, 6.45) is 0. The van der Waals surface area contributed by atoms with E-state index in [-0.39, 0.29) is 5.56 Å². The molecule has 0 saturated carbocycles. The van der Waals surface area contributed by atoms with Crippen molar-refractivity contribution in [3.05, 3.63) is 68.5 Å². The maximum atomic E-state index is 13.2. The van der Waals surface area contributed by atoms with Gasteiger partial charge in [0.1, 0.15) is 0 Å². The summed E-state index contributed by atoms with van der Waals surface area (Å²) in [7, 11) is 0. The Kier molecular flexibility index (Phi) is 4.18. The van der Waals surface area contributed by atoms with Crippen molar-refractivity contribution < 1.29 is 14.1 Å². The molecule has 0 heterocycles. The standard InChI is InChI=1S/C14H10ClFN2O3/c1-8-2-4-10(15)7-12(8)17-14(19)9-3-5-11(16)13(6-9)18(20)21/h2-7H,1H3,(H,17,19). The lowest BCUT2D eigenvalue weighted by Gasteiger charge is -2.09. The molecule has 0 aromatic heterocycles. The summed E-state index contributed by atoms with van der Waals surface area (Å²) in [5.74, 6) is -1.57. The van der Waals surface area contributed by atoms with Crippen LogP contribution in [0, 0.1) is 22.9 Å². The van der Waals surface area contributed by atoms with Crippen LogP contribution < -0.4 is 5.32 Å². The average Bonchev–Trinajstić information content (AvgIpc) is 2.43. The molecule has 21 heavy (non-hydrogen) atoms. The van der Waals surface area contributed by atoms with Crippen molar-refractivity contribution in [2.24, 2.45) is 0 Å². The molecule has 7 heteroatoms. The largest absolute Gasteiger partial charge is 0.322 e. The average molecular weight is 309 g/mol. The van der Waals surface area contributed by atoms with Crippen molar-refractivity contribution in [2.75, 3.05) is 5.32 Å². The topological polar surface area (TPSA) is 72.2 Å². The number of nitrogens with one attached hydrogen (secondary N) is 1. The number of nitro groups is 1. The van der Waals surface area contributed by atoms with Crippen LogP contribution >= 0.6 is 11.6 Å². The summed E-state index contributed by atoms with van der Waals surface area (Å²) in [5, 5.41) is 13.7. The van der Waals surface area contributed by atoms with Gasteiger partial charge < -0.3 is 5.32 Å². The van der Waals surface area contributed by atoms with Crippen LogP contribution in [0.2, 0.25) is 5.02 Å². The molecule has 0 bridgehead atoms. The van der Waals surface area contributed by atoms with Crippen molar-refractivity contribution in [1.29, 1.82) is 0 Å². The van der Waals surface area contributed by atoms with Gasteiger partial charge >= 0.3 is 5.69 Å². The van der Waals surface area contributed by atoms with Gasteiger partial charge in [-0.1, -0.05) is 17.7 Å². The van der Waals surface area contributed by atoms with Gasteiger partial charge in [0.15, 0.2) is 0 Å². The van der Waals surface area contributed by atoms with Crippen LogP contribution in [0.25, 0.3) is 0 Å². The van der Waals surface area contributed by atoms with E-state index in [1.165, 1.54) is 6.07 Å². The predicted octanol–water partition coefficient (Wildman–Crippen LogP) is 3.95. The molecule has 2 aromatic carbocycles. The molecule has 0 spiro atoms. The van der Waals surface area contributed by atoms with E-state index in [1.807, 2.05) is 0 Å². The van der Waals surface area contributed by atoms with Crippen molar-refractivity contribution in [3.63, 3.8) is 0 Å². The highest BCUT2D eigenvalue weighted by Gasteiger charge is 2.18. The fourth-order valence-electron chi connectivity index (χ4n) is 1.72. The molecule has 0 aliphatic rings. The SMILES string of the molecule is Cc1ccc(Cl)cc1NC(=O)c1ccc(F)c([N+](=O)[O-])c1. The number of hydrogen-bond acceptors (Lipinski definition) is 3. The number of aryl methyl sites for hydroxylation is 1. The second-order valence-electron chi connectivity index (χ2n) is 4.34. The fraction of sp³-hybridized carbons (Fsp3) is 0.0714. The maximum absolute atomic E-state index is 13.2. The van der Waals surface area contributed by atoms with E-state index in [0.29, 0.717) is 10.7 Å². The highest BCUT2D eigenvalue weighted by Crippen LogP contribution is 2.22. The van der Waals surface area contributed by atoms with Crippen LogP contribution in [-0.4, -0.2) is 10.8 Å². The highest BCUT2D eigenvalue weighted by atomic mass is 35.5. The summed E-state index contributed by atoms with van der Waals surface area (Å²) >= 11 is 5.84. The van der Waals surface area contributed by atoms with Gasteiger partial charge in [-0.2, -0.15) is 4.39 Å². The number of carbonyl (C=O) groups excluding carboxylic acids is 1. The van der Waals surface area contributed by atoms with Gasteiger partial charge in [-0.15, -0.1) is 0 Å². The normalized spacial score (nSPS) is 10.2. The fourth-order valence-corrected chi connectivity index (χ4v) is 1.89. The lowest BCUT2D eigenvalue weighted by atomic mass is 10.1. The molecule has 108 valence electrons. The first-order valence-corrected chi connectivity index (χ1v) is 6.27. The van der Waals surface area contributed by atoms with Crippen LogP contribution in [0.3, 0.4) is 0 Å². The number of amides is 1. The van der Waals surface area contributed by atoms with Crippen molar-refractivity contribution >= 4 is 28.9 Å². The molecule has 0 aliphatic carbocycles. The van der Waals surface area contributed by atoms with Crippen molar-refractivity contribution in [1.82, 2.24) is 0 Å². The zero-order valence-electron chi connectivity index (χ0n) is 10.9. The molecule has 2 rings (SSSR count). The Bertz CT molecular complexity index is 734. The van der Waals surface area contributed by atoms with Crippen LogP contribution in [0.4, 0.5) is 15.8 Å². The third-order valence-corrected chi connectivity index (χ3v) is 3.09. The molecule has 0 aliphatic heterocycles. The lowest BCUT2D eigenvalue weighted by Crippen LogP contribution is -2.13. The minimum Gasteiger partial charge on any atom is -0.322 e. The molecular weight excluding hydrogens is 299 g/mol. The Morgan fingerprint density at radius 1 is 1.29 bits per heavy atom. The van der Waals surface area contributed by atoms with Crippen LogP contribution in [0.15, 0.2) is 36.4 Å². The Morgan fingerprint density at radius 3 is 2.67 bits per heavy atom. The first-order valence-electron chi connectivity index (χ1n) is 5.90. The highest BCUT2D eigenvalue weighted by molar-refractivity contribution is 6.31. The number of nitro benzene ring substituents is 1. The van der Waals surface area contributed by atoms with Crippen molar-refractivity contribution in [3.8, 4) is 0 Å². The maximum Gasteiger partial charge on any atom is 0.305 e. The number of benzene rings is 2. The predicted molar refractivity (Wildman–Crippen MR) is 77.2 cm³/mol. The van der Waals surface area contributed by atoms with Gasteiger partial charge in [-0.3, -0.25) is 14.9 Å². The molecule has 1 amide bonds. The number of rotatable bonds is 3. The van der Waals surface area contributed by atoms with Crippen LogP contribution in [0.5, 0.6) is 0 Å². The zero-order valence-corrected chi connectivity index (χ0v) is 11.6. The second-order valence-corrected chi connectivity index (χ2v) is 4.77. The first kappa shape index (κ1) is 14.9. The van der Waals surface area contributed by atoms with E-state index >= 15 is 0 Å². The monoisotopic (exact) mass is 308 g/mol. The second kappa shape index (κ2) is 5.88. The van der Waals surface area contributed by atoms with E-state index in [2.05, 4.69) is 5.32 Å². The summed E-state index contributed by atoms with van der Waals surface area (Å²) < 4.78 is 13.2. The van der Waals surface area contributed by atoms with E-state index in [9.17, 15) is 19.3 Å². The van der Waals surface area contributed by atoms with Gasteiger partial charge in [0.05, 0.1) is 4.92 Å². The van der Waals surface area contributed by atoms with Gasteiger partial charge in [0.2, 0.25) is 5.82 Å². The third-order valence-electron chi connectivity index (χ3n) is 2.85. The minimum absolute atomic E-state index is 0.0116. The lowest BCUT2D eigenvalue weighted by molar-refractivity contribution is -0.387. The third kappa shape index (κ3) is 3.35. The number of nitrogens with zero attached hydrogens (tertiary/aromatic N) is 1. The Labute approximate surface area is 124 Å². The van der Waals surface area contributed by atoms with Crippen molar-refractivity contribution in [2.45, 2.75) is 6.92 Å². The summed E-state index contributed by atoms with van der Waals surface area (Å²) in [6, 6.07) is 7.92. The van der Waals surface area contributed by atoms with E-state index in [1.54, 1.807) is 25.1 Å². The van der Waals surface area contributed by atoms with E-state index in [4.69, 9.17) is 11.6 Å². The molecular formula is C14H10ClFN2O3. The Hall–Kier alpha value is -2.47. The number of halogens is 2. The molecule has 1 N–H and O–H groups in total. The van der Waals surface area contributed by atoms with E-state index in [0.717, 1.165) is 17.7 Å². The quantitative estimate of drug-likeness (QED) is 0.689. The molecule has 2 aromatic rings. The first-order chi connectivity index (χ1) is 9.88. The minimum atomic E-state index is -0.990. The summed E-state index contributed by atoms with van der Waals surface area (Å²) in [5.41, 5.74) is 0.511. The van der Waals surface area contributed by atoms with Gasteiger partial charge in [0, 0.05) is 22.3 Å². The van der Waals surface area contributed by atoms with Gasteiger partial charge in [-0.05, 0) is 36.8 Å². The summed E-state index contributed by atoms with van der Waals surface area (Å²) in [4.78, 5) is 21.9. The molecule has 5 nitrogen and oxygen atoms in total. The van der Waals surface area contributed by atoms with E-state index < -0.39 is 22.3 Å². The molecule has 0 fully saturated rings. The molecule has 0 radical (unpaired) electrons. The Balaban J connectivity index is 2.30. The molecule has 0 unspecified atom stereocenters. The van der Waals surface area contributed by atoms with Crippen LogP contribution in [-0.2, 0) is 0 Å². The number of hydrogen-bond donors (Lipinski definition) is 1. The zero-order chi connectivity index (χ0) is 15.6. The Morgan fingerprint density at radius 2 is 2.00 bits per heavy atom. The van der Waals surface area contributed by atoms with Crippen LogP contribution in [0.1, 0.15) is 15.9 Å². The smallest absolute Gasteiger partial charge is 0.305 e. The van der Waals surface area contributed by atoms with Gasteiger partial charge in [-0.25, -0.2) is 0 Å². The summed E-state index contributed by atoms with van der Waals surface area (Å²) in [6.45, 7) is 1.78. The number of carbonyl (C=O) groups is 1. The molecule has 0 saturated heterocycles. The number of anilines is 1. The molecule has 0 atom stereocenters. The van der Waals surface area contributed by atoms with Gasteiger partial charge in [0.25, 0.3) is 5.91 Å².